The minimum absolute atomic E-state index is 0.0811. The number of nitrogens with zero attached hydrogens (tertiary/aromatic N) is 1. The predicted molar refractivity (Wildman–Crippen MR) is 73.9 cm³/mol. The smallest absolute Gasteiger partial charge is 0.387 e. The van der Waals surface area contributed by atoms with Crippen LogP contribution in [0.3, 0.4) is 0 Å². The van der Waals surface area contributed by atoms with Crippen molar-refractivity contribution in [1.82, 2.24) is 4.98 Å². The molecule has 112 valence electrons. The molecule has 2 N–H and O–H groups in total. The minimum atomic E-state index is -4.42. The summed E-state index contributed by atoms with van der Waals surface area (Å²) >= 11 is 0. The van der Waals surface area contributed by atoms with Crippen molar-refractivity contribution in [2.75, 3.05) is 11.9 Å². The molecule has 0 aliphatic rings. The summed E-state index contributed by atoms with van der Waals surface area (Å²) in [4.78, 5) is 4.19. The number of hydrogen-bond acceptors (Lipinski definition) is 3. The molecule has 1 aromatic heterocycles. The van der Waals surface area contributed by atoms with Crippen LogP contribution in [-0.4, -0.2) is 16.6 Å². The van der Waals surface area contributed by atoms with Gasteiger partial charge in [-0.1, -0.05) is 18.2 Å². The highest BCUT2D eigenvalue weighted by molar-refractivity contribution is 5.36. The minimum Gasteiger partial charge on any atom is -0.387 e. The van der Waals surface area contributed by atoms with E-state index in [0.717, 1.165) is 17.8 Å². The first-order valence-electron chi connectivity index (χ1n) is 6.39. The SMILES string of the molecule is Cc1cccc(NCC(O)c2cccc(C(F)(F)F)c2)n1. The third kappa shape index (κ3) is 4.19. The summed E-state index contributed by atoms with van der Waals surface area (Å²) in [6.45, 7) is 1.91. The highest BCUT2D eigenvalue weighted by atomic mass is 19.4. The zero-order valence-corrected chi connectivity index (χ0v) is 11.4. The number of alkyl halides is 3. The van der Waals surface area contributed by atoms with Crippen LogP contribution in [-0.2, 0) is 6.18 Å². The number of aliphatic hydroxyl groups excluding tert-OH is 1. The van der Waals surface area contributed by atoms with Gasteiger partial charge < -0.3 is 10.4 Å². The summed E-state index contributed by atoms with van der Waals surface area (Å²) in [7, 11) is 0. The lowest BCUT2D eigenvalue weighted by Gasteiger charge is -2.15. The number of pyridine rings is 1. The molecule has 1 atom stereocenters. The van der Waals surface area contributed by atoms with Gasteiger partial charge in [-0.25, -0.2) is 4.98 Å². The van der Waals surface area contributed by atoms with Gasteiger partial charge in [-0.2, -0.15) is 13.2 Å². The number of hydrogen-bond donors (Lipinski definition) is 2. The van der Waals surface area contributed by atoms with E-state index in [1.165, 1.54) is 12.1 Å². The molecule has 1 aromatic carbocycles. The van der Waals surface area contributed by atoms with Crippen molar-refractivity contribution >= 4 is 5.82 Å². The summed E-state index contributed by atoms with van der Waals surface area (Å²) in [5.41, 5.74) is 0.256. The molecule has 2 aromatic rings. The first-order valence-corrected chi connectivity index (χ1v) is 6.39. The van der Waals surface area contributed by atoms with Gasteiger partial charge in [-0.15, -0.1) is 0 Å². The van der Waals surface area contributed by atoms with E-state index in [1.54, 1.807) is 12.1 Å². The van der Waals surface area contributed by atoms with Crippen LogP contribution in [0, 0.1) is 6.92 Å². The van der Waals surface area contributed by atoms with Crippen LogP contribution in [0.15, 0.2) is 42.5 Å². The molecular formula is C15H15F3N2O. The number of aryl methyl sites for hydroxylation is 1. The molecule has 1 heterocycles. The van der Waals surface area contributed by atoms with Crippen LogP contribution in [0.25, 0.3) is 0 Å². The second kappa shape index (κ2) is 6.13. The lowest BCUT2D eigenvalue weighted by atomic mass is 10.1. The van der Waals surface area contributed by atoms with E-state index in [2.05, 4.69) is 10.3 Å². The first kappa shape index (κ1) is 15.3. The fourth-order valence-electron chi connectivity index (χ4n) is 1.88. The van der Waals surface area contributed by atoms with Crippen molar-refractivity contribution in [1.29, 1.82) is 0 Å². The van der Waals surface area contributed by atoms with Crippen molar-refractivity contribution in [3.63, 3.8) is 0 Å². The highest BCUT2D eigenvalue weighted by Crippen LogP contribution is 2.30. The number of rotatable bonds is 4. The van der Waals surface area contributed by atoms with Crippen molar-refractivity contribution in [3.8, 4) is 0 Å². The number of nitrogens with one attached hydrogen (secondary N) is 1. The van der Waals surface area contributed by atoms with Gasteiger partial charge in [0.2, 0.25) is 0 Å². The lowest BCUT2D eigenvalue weighted by Crippen LogP contribution is -2.14. The Morgan fingerprint density at radius 1 is 1.19 bits per heavy atom. The van der Waals surface area contributed by atoms with Crippen LogP contribution in [0.5, 0.6) is 0 Å². The zero-order chi connectivity index (χ0) is 15.5. The molecule has 2 rings (SSSR count). The standard InChI is InChI=1S/C15H15F3N2O/c1-10-4-2-7-14(20-10)19-9-13(21)11-5-3-6-12(8-11)15(16,17)18/h2-8,13,21H,9H2,1H3,(H,19,20). The van der Waals surface area contributed by atoms with E-state index in [-0.39, 0.29) is 12.1 Å². The Morgan fingerprint density at radius 2 is 1.90 bits per heavy atom. The molecule has 3 nitrogen and oxygen atoms in total. The van der Waals surface area contributed by atoms with Crippen molar-refractivity contribution < 1.29 is 18.3 Å². The van der Waals surface area contributed by atoms with E-state index in [4.69, 9.17) is 0 Å². The Hall–Kier alpha value is -2.08. The zero-order valence-electron chi connectivity index (χ0n) is 11.4. The topological polar surface area (TPSA) is 45.1 Å². The van der Waals surface area contributed by atoms with E-state index >= 15 is 0 Å². The molecule has 0 amide bonds. The van der Waals surface area contributed by atoms with Gasteiger partial charge in [-0.05, 0) is 36.8 Å². The van der Waals surface area contributed by atoms with Crippen LogP contribution in [0.2, 0.25) is 0 Å². The van der Waals surface area contributed by atoms with Crippen LogP contribution < -0.4 is 5.32 Å². The number of aromatic nitrogens is 1. The maximum Gasteiger partial charge on any atom is 0.416 e. The number of anilines is 1. The maximum absolute atomic E-state index is 12.6. The molecule has 0 fully saturated rings. The largest absolute Gasteiger partial charge is 0.416 e. The van der Waals surface area contributed by atoms with Crippen molar-refractivity contribution in [2.45, 2.75) is 19.2 Å². The molecule has 21 heavy (non-hydrogen) atoms. The molecule has 0 aliphatic carbocycles. The summed E-state index contributed by atoms with van der Waals surface area (Å²) in [6, 6.07) is 10.0. The van der Waals surface area contributed by atoms with Gasteiger partial charge in [0.25, 0.3) is 0 Å². The van der Waals surface area contributed by atoms with Gasteiger partial charge in [0.15, 0.2) is 0 Å². The average Bonchev–Trinajstić information content (AvgIpc) is 2.44. The number of benzene rings is 1. The highest BCUT2D eigenvalue weighted by Gasteiger charge is 2.30. The van der Waals surface area contributed by atoms with Gasteiger partial charge in [0, 0.05) is 12.2 Å². The van der Waals surface area contributed by atoms with E-state index in [9.17, 15) is 18.3 Å². The van der Waals surface area contributed by atoms with Gasteiger partial charge >= 0.3 is 6.18 Å². The number of aliphatic hydroxyl groups is 1. The molecule has 0 bridgehead atoms. The van der Waals surface area contributed by atoms with E-state index in [0.29, 0.717) is 5.82 Å². The molecule has 0 radical (unpaired) electrons. The fraction of sp³-hybridized carbons (Fsp3) is 0.267. The Labute approximate surface area is 120 Å². The Kier molecular flexibility index (Phi) is 4.47. The number of halogens is 3. The molecule has 0 aliphatic heterocycles. The van der Waals surface area contributed by atoms with Crippen molar-refractivity contribution in [2.24, 2.45) is 0 Å². The van der Waals surface area contributed by atoms with E-state index in [1.807, 2.05) is 13.0 Å². The second-order valence-electron chi connectivity index (χ2n) is 4.68. The van der Waals surface area contributed by atoms with E-state index < -0.39 is 17.8 Å². The average molecular weight is 296 g/mol. The first-order chi connectivity index (χ1) is 9.86. The van der Waals surface area contributed by atoms with Gasteiger partial charge in [0.05, 0.1) is 11.7 Å². The summed E-state index contributed by atoms with van der Waals surface area (Å²) < 4.78 is 37.9. The van der Waals surface area contributed by atoms with Crippen LogP contribution in [0.1, 0.15) is 22.9 Å². The molecule has 0 saturated carbocycles. The second-order valence-corrected chi connectivity index (χ2v) is 4.68. The Bertz CT molecular complexity index is 614. The summed E-state index contributed by atoms with van der Waals surface area (Å²) in [5.74, 6) is 0.570. The Balaban J connectivity index is 2.05. The quantitative estimate of drug-likeness (QED) is 0.907. The summed E-state index contributed by atoms with van der Waals surface area (Å²) in [6.07, 6.45) is -5.46. The van der Waals surface area contributed by atoms with Crippen LogP contribution in [0.4, 0.5) is 19.0 Å². The third-order valence-electron chi connectivity index (χ3n) is 2.96. The molecule has 0 spiro atoms. The monoisotopic (exact) mass is 296 g/mol. The normalized spacial score (nSPS) is 13.0. The summed E-state index contributed by atoms with van der Waals surface area (Å²) in [5, 5.41) is 12.9. The van der Waals surface area contributed by atoms with Gasteiger partial charge in [-0.3, -0.25) is 0 Å². The third-order valence-corrected chi connectivity index (χ3v) is 2.96. The maximum atomic E-state index is 12.6. The van der Waals surface area contributed by atoms with Gasteiger partial charge in [0.1, 0.15) is 5.82 Å². The molecule has 6 heteroatoms. The fourth-order valence-corrected chi connectivity index (χ4v) is 1.88. The molecular weight excluding hydrogens is 281 g/mol. The molecule has 0 saturated heterocycles. The van der Waals surface area contributed by atoms with Crippen molar-refractivity contribution in [3.05, 3.63) is 59.3 Å². The Morgan fingerprint density at radius 3 is 2.57 bits per heavy atom. The van der Waals surface area contributed by atoms with Crippen LogP contribution >= 0.6 is 0 Å². The predicted octanol–water partition coefficient (Wildman–Crippen LogP) is 3.55. The lowest BCUT2D eigenvalue weighted by molar-refractivity contribution is -0.137. The molecule has 1 unspecified atom stereocenters.